The van der Waals surface area contributed by atoms with Crippen molar-refractivity contribution in [2.24, 2.45) is 0 Å². The highest BCUT2D eigenvalue weighted by Gasteiger charge is 2.14. The van der Waals surface area contributed by atoms with Crippen LogP contribution in [0.3, 0.4) is 0 Å². The number of aliphatic hydroxyl groups is 1. The zero-order valence-corrected chi connectivity index (χ0v) is 13.5. The molecule has 2 aromatic heterocycles. The Labute approximate surface area is 139 Å². The summed E-state index contributed by atoms with van der Waals surface area (Å²) in [4.78, 5) is 16.6. The molecule has 0 bridgehead atoms. The van der Waals surface area contributed by atoms with Crippen LogP contribution in [-0.4, -0.2) is 39.3 Å². The number of nitrogens with one attached hydrogen (secondary N) is 2. The molecule has 0 aliphatic carbocycles. The lowest BCUT2D eigenvalue weighted by Crippen LogP contribution is -2.29. The van der Waals surface area contributed by atoms with Crippen LogP contribution in [-0.2, 0) is 0 Å². The van der Waals surface area contributed by atoms with Crippen LogP contribution in [0, 0.1) is 6.92 Å². The molecule has 24 heavy (non-hydrogen) atoms. The van der Waals surface area contributed by atoms with Gasteiger partial charge >= 0.3 is 0 Å². The normalized spacial score (nSPS) is 12.2. The van der Waals surface area contributed by atoms with E-state index in [1.165, 1.54) is 6.20 Å². The van der Waals surface area contributed by atoms with Gasteiger partial charge in [0, 0.05) is 36.3 Å². The first-order valence-corrected chi connectivity index (χ1v) is 7.93. The van der Waals surface area contributed by atoms with Gasteiger partial charge in [0.2, 0.25) is 0 Å². The Balaban J connectivity index is 1.71. The van der Waals surface area contributed by atoms with Crippen LogP contribution >= 0.6 is 0 Å². The second-order valence-corrected chi connectivity index (χ2v) is 5.77. The highest BCUT2D eigenvalue weighted by molar-refractivity contribution is 5.97. The van der Waals surface area contributed by atoms with Crippen LogP contribution < -0.4 is 5.32 Å². The van der Waals surface area contributed by atoms with E-state index in [0.29, 0.717) is 24.2 Å². The van der Waals surface area contributed by atoms with Crippen molar-refractivity contribution >= 4 is 16.9 Å². The topological polar surface area (TPSA) is 90.9 Å². The molecular weight excluding hydrogens is 304 g/mol. The molecule has 1 aromatic carbocycles. The number of benzene rings is 1. The number of nitrogens with zero attached hydrogens (tertiary/aromatic N) is 2. The first-order chi connectivity index (χ1) is 11.7. The van der Waals surface area contributed by atoms with Gasteiger partial charge in [-0.25, -0.2) is 4.98 Å². The number of aromatic amines is 1. The fraction of sp³-hybridized carbons (Fsp3) is 0.278. The van der Waals surface area contributed by atoms with E-state index in [9.17, 15) is 9.90 Å². The van der Waals surface area contributed by atoms with Crippen molar-refractivity contribution in [1.29, 1.82) is 0 Å². The van der Waals surface area contributed by atoms with Crippen molar-refractivity contribution in [3.8, 4) is 0 Å². The molecule has 3 aromatic rings. The number of aromatic nitrogens is 3. The number of carbonyl (C=O) groups excluding carboxylic acids is 1. The van der Waals surface area contributed by atoms with Crippen molar-refractivity contribution in [3.05, 3.63) is 59.4 Å². The predicted molar refractivity (Wildman–Crippen MR) is 91.8 cm³/mol. The Morgan fingerprint density at radius 3 is 2.88 bits per heavy atom. The predicted octanol–water partition coefficient (Wildman–Crippen LogP) is 2.16. The van der Waals surface area contributed by atoms with Crippen molar-refractivity contribution in [1.82, 2.24) is 20.5 Å². The standard InChI is InChI=1S/C18H20N4O2/c1-12-16-9-15(11-19-17(16)22-21-12)18(24)20-10-14(7-8-23)13-5-3-2-4-6-13/h2-6,9,11,14,23H,7-8,10H2,1H3,(H,20,24)(H,19,21,22). The number of aliphatic hydroxyl groups excluding tert-OH is 1. The highest BCUT2D eigenvalue weighted by Crippen LogP contribution is 2.19. The van der Waals surface area contributed by atoms with E-state index in [0.717, 1.165) is 16.6 Å². The Morgan fingerprint density at radius 2 is 2.12 bits per heavy atom. The largest absolute Gasteiger partial charge is 0.396 e. The maximum absolute atomic E-state index is 12.4. The second-order valence-electron chi connectivity index (χ2n) is 5.77. The van der Waals surface area contributed by atoms with E-state index in [1.54, 1.807) is 6.07 Å². The van der Waals surface area contributed by atoms with Crippen LogP contribution in [0.1, 0.15) is 34.0 Å². The van der Waals surface area contributed by atoms with E-state index in [2.05, 4.69) is 20.5 Å². The first kappa shape index (κ1) is 16.1. The molecule has 3 N–H and O–H groups in total. The van der Waals surface area contributed by atoms with Gasteiger partial charge in [-0.3, -0.25) is 9.89 Å². The zero-order chi connectivity index (χ0) is 16.9. The van der Waals surface area contributed by atoms with Crippen LogP contribution in [0.4, 0.5) is 0 Å². The number of carbonyl (C=O) groups is 1. The summed E-state index contributed by atoms with van der Waals surface area (Å²) in [7, 11) is 0. The van der Waals surface area contributed by atoms with Gasteiger partial charge in [-0.15, -0.1) is 0 Å². The van der Waals surface area contributed by atoms with Crippen molar-refractivity contribution in [2.45, 2.75) is 19.3 Å². The molecule has 3 rings (SSSR count). The number of rotatable bonds is 6. The molecule has 1 atom stereocenters. The minimum Gasteiger partial charge on any atom is -0.396 e. The molecule has 0 aliphatic heterocycles. The fourth-order valence-corrected chi connectivity index (χ4v) is 2.73. The van der Waals surface area contributed by atoms with E-state index in [-0.39, 0.29) is 18.4 Å². The van der Waals surface area contributed by atoms with Gasteiger partial charge in [0.05, 0.1) is 5.56 Å². The third-order valence-corrected chi connectivity index (χ3v) is 4.12. The van der Waals surface area contributed by atoms with Crippen LogP contribution in [0.5, 0.6) is 0 Å². The summed E-state index contributed by atoms with van der Waals surface area (Å²) in [5, 5.41) is 20.0. The van der Waals surface area contributed by atoms with Gasteiger partial charge in [-0.1, -0.05) is 30.3 Å². The third kappa shape index (κ3) is 3.44. The number of hydrogen-bond donors (Lipinski definition) is 3. The summed E-state index contributed by atoms with van der Waals surface area (Å²) in [6, 6.07) is 11.7. The van der Waals surface area contributed by atoms with Gasteiger partial charge in [0.1, 0.15) is 0 Å². The molecule has 2 heterocycles. The molecule has 0 saturated heterocycles. The molecule has 6 nitrogen and oxygen atoms in total. The maximum atomic E-state index is 12.4. The molecule has 0 saturated carbocycles. The molecule has 124 valence electrons. The summed E-state index contributed by atoms with van der Waals surface area (Å²) in [5.74, 6) is -0.101. The number of amides is 1. The van der Waals surface area contributed by atoms with Gasteiger partial charge < -0.3 is 10.4 Å². The zero-order valence-electron chi connectivity index (χ0n) is 13.5. The fourth-order valence-electron chi connectivity index (χ4n) is 2.73. The van der Waals surface area contributed by atoms with E-state index in [4.69, 9.17) is 0 Å². The van der Waals surface area contributed by atoms with Crippen LogP contribution in [0.15, 0.2) is 42.6 Å². The molecule has 1 unspecified atom stereocenters. The van der Waals surface area contributed by atoms with Crippen molar-refractivity contribution in [3.63, 3.8) is 0 Å². The van der Waals surface area contributed by atoms with Gasteiger partial charge in [0.25, 0.3) is 5.91 Å². The number of hydrogen-bond acceptors (Lipinski definition) is 4. The summed E-state index contributed by atoms with van der Waals surface area (Å²) >= 11 is 0. The van der Waals surface area contributed by atoms with E-state index >= 15 is 0 Å². The molecule has 0 spiro atoms. The van der Waals surface area contributed by atoms with Gasteiger partial charge in [-0.05, 0) is 25.0 Å². The lowest BCUT2D eigenvalue weighted by Gasteiger charge is -2.17. The Morgan fingerprint density at radius 1 is 1.33 bits per heavy atom. The average Bonchev–Trinajstić information content (AvgIpc) is 2.99. The molecule has 1 amide bonds. The minimum atomic E-state index is -0.177. The molecule has 0 radical (unpaired) electrons. The van der Waals surface area contributed by atoms with Gasteiger partial charge in [0.15, 0.2) is 5.65 Å². The summed E-state index contributed by atoms with van der Waals surface area (Å²) in [6.45, 7) is 2.44. The first-order valence-electron chi connectivity index (χ1n) is 7.93. The van der Waals surface area contributed by atoms with Gasteiger partial charge in [-0.2, -0.15) is 5.10 Å². The van der Waals surface area contributed by atoms with Crippen molar-refractivity contribution < 1.29 is 9.90 Å². The number of H-pyrrole nitrogens is 1. The highest BCUT2D eigenvalue weighted by atomic mass is 16.3. The van der Waals surface area contributed by atoms with E-state index in [1.807, 2.05) is 37.3 Å². The molecule has 6 heteroatoms. The number of pyridine rings is 1. The Kier molecular flexibility index (Phi) is 4.86. The smallest absolute Gasteiger partial charge is 0.252 e. The summed E-state index contributed by atoms with van der Waals surface area (Å²) < 4.78 is 0. The Bertz CT molecular complexity index is 829. The SMILES string of the molecule is Cc1[nH]nc2ncc(C(=O)NCC(CCO)c3ccccc3)cc12. The maximum Gasteiger partial charge on any atom is 0.252 e. The van der Waals surface area contributed by atoms with Crippen molar-refractivity contribution in [2.75, 3.05) is 13.2 Å². The average molecular weight is 324 g/mol. The summed E-state index contributed by atoms with van der Waals surface area (Å²) in [5.41, 5.74) is 3.09. The third-order valence-electron chi connectivity index (χ3n) is 4.12. The lowest BCUT2D eigenvalue weighted by atomic mass is 9.96. The molecule has 0 aliphatic rings. The summed E-state index contributed by atoms with van der Waals surface area (Å²) in [6.07, 6.45) is 2.13. The van der Waals surface area contributed by atoms with Crippen LogP contribution in [0.2, 0.25) is 0 Å². The quantitative estimate of drug-likeness (QED) is 0.648. The monoisotopic (exact) mass is 324 g/mol. The lowest BCUT2D eigenvalue weighted by molar-refractivity contribution is 0.0949. The Hall–Kier alpha value is -2.73. The second kappa shape index (κ2) is 7.23. The van der Waals surface area contributed by atoms with E-state index < -0.39 is 0 Å². The molecule has 0 fully saturated rings. The van der Waals surface area contributed by atoms with Crippen LogP contribution in [0.25, 0.3) is 11.0 Å². The number of fused-ring (bicyclic) bond motifs is 1. The minimum absolute atomic E-state index is 0.0764. The molecular formula is C18H20N4O2. The number of aryl methyl sites for hydroxylation is 1.